The summed E-state index contributed by atoms with van der Waals surface area (Å²) in [5, 5.41) is 35.5. The van der Waals surface area contributed by atoms with E-state index in [1.807, 2.05) is 0 Å². The zero-order valence-corrected chi connectivity index (χ0v) is 17.8. The highest BCUT2D eigenvalue weighted by molar-refractivity contribution is 7.97. The van der Waals surface area contributed by atoms with Gasteiger partial charge in [-0.2, -0.15) is 0 Å². The zero-order valence-electron chi connectivity index (χ0n) is 17.0. The number of rotatable bonds is 8. The minimum atomic E-state index is -2.85. The molecule has 0 aromatic heterocycles. The fourth-order valence-electron chi connectivity index (χ4n) is 2.79. The molecule has 3 rings (SSSR count). The lowest BCUT2D eigenvalue weighted by atomic mass is 9.96. The molecule has 0 fully saturated rings. The summed E-state index contributed by atoms with van der Waals surface area (Å²) in [5.74, 6) is -5.35. The van der Waals surface area contributed by atoms with Gasteiger partial charge in [0, 0.05) is 0 Å². The first-order valence-corrected chi connectivity index (χ1v) is 10.7. The van der Waals surface area contributed by atoms with Gasteiger partial charge in [0.1, 0.15) is 5.60 Å². The lowest BCUT2D eigenvalue weighted by molar-refractivity contribution is -0.325. The molecule has 166 valence electrons. The maximum absolute atomic E-state index is 10.2. The molecule has 3 aromatic carbocycles. The van der Waals surface area contributed by atoms with E-state index in [1.54, 1.807) is 0 Å². The van der Waals surface area contributed by atoms with Crippen LogP contribution in [0.5, 0.6) is 0 Å². The summed E-state index contributed by atoms with van der Waals surface area (Å²) in [6.07, 6.45) is -2.41. The number of benzene rings is 3. The van der Waals surface area contributed by atoms with Gasteiger partial charge in [0.15, 0.2) is 14.7 Å². The Morgan fingerprint density at radius 1 is 0.656 bits per heavy atom. The molecule has 0 aliphatic rings. The average molecular weight is 455 g/mol. The predicted molar refractivity (Wildman–Crippen MR) is 116 cm³/mol. The maximum Gasteiger partial charge on any atom is 0.306 e. The van der Waals surface area contributed by atoms with Crippen molar-refractivity contribution < 1.29 is 34.8 Å². The molecule has 0 atom stereocenters. The van der Waals surface area contributed by atoms with E-state index in [0.29, 0.717) is 0 Å². The first-order valence-electron chi connectivity index (χ1n) is 9.50. The fraction of sp³-hybridized carbons (Fsp3) is 0.125. The molecule has 0 bridgehead atoms. The Balaban J connectivity index is 0.000000247. The Hall–Kier alpha value is -3.62. The Morgan fingerprint density at radius 2 is 0.938 bits per heavy atom. The fourth-order valence-corrected chi connectivity index (χ4v) is 4.89. The van der Waals surface area contributed by atoms with Crippen molar-refractivity contribution in [3.05, 3.63) is 91.0 Å². The van der Waals surface area contributed by atoms with Crippen LogP contribution in [0.2, 0.25) is 0 Å². The van der Waals surface area contributed by atoms with Crippen LogP contribution in [-0.4, -0.2) is 38.8 Å². The van der Waals surface area contributed by atoms with Crippen molar-refractivity contribution in [1.82, 2.24) is 0 Å². The third-order valence-corrected chi connectivity index (χ3v) is 6.43. The summed E-state index contributed by atoms with van der Waals surface area (Å²) in [4.78, 5) is 34.4. The van der Waals surface area contributed by atoms with E-state index in [9.17, 15) is 19.5 Å². The van der Waals surface area contributed by atoms with Gasteiger partial charge >= 0.3 is 11.9 Å². The van der Waals surface area contributed by atoms with Crippen LogP contribution in [-0.2, 0) is 25.3 Å². The summed E-state index contributed by atoms with van der Waals surface area (Å²) >= 11 is 0. The molecule has 3 aromatic rings. The van der Waals surface area contributed by atoms with Crippen LogP contribution in [0.3, 0.4) is 0 Å². The van der Waals surface area contributed by atoms with Crippen LogP contribution < -0.4 is 5.11 Å². The van der Waals surface area contributed by atoms with Crippen molar-refractivity contribution >= 4 is 28.8 Å². The normalized spacial score (nSPS) is 10.7. The highest BCUT2D eigenvalue weighted by Gasteiger charge is 2.34. The van der Waals surface area contributed by atoms with Gasteiger partial charge in [-0.15, -0.1) is 0 Å². The van der Waals surface area contributed by atoms with E-state index in [0.717, 1.165) is 0 Å². The first-order chi connectivity index (χ1) is 15.2. The monoisotopic (exact) mass is 454 g/mol. The largest absolute Gasteiger partial charge is 0.547 e. The minimum Gasteiger partial charge on any atom is -0.547 e. The summed E-state index contributed by atoms with van der Waals surface area (Å²) in [6, 6.07) is 32.2. The van der Waals surface area contributed by atoms with Crippen LogP contribution in [0.1, 0.15) is 12.8 Å². The van der Waals surface area contributed by atoms with E-state index in [2.05, 4.69) is 91.0 Å². The third-order valence-electron chi connectivity index (χ3n) is 4.20. The Kier molecular flexibility index (Phi) is 9.00. The Morgan fingerprint density at radius 3 is 1.16 bits per heavy atom. The Bertz CT molecular complexity index is 914. The smallest absolute Gasteiger partial charge is 0.306 e. The second-order valence-corrected chi connectivity index (χ2v) is 8.73. The van der Waals surface area contributed by atoms with Crippen molar-refractivity contribution in [3.63, 3.8) is 0 Å². The number of carbonyl (C=O) groups excluding carboxylic acids is 1. The van der Waals surface area contributed by atoms with Gasteiger partial charge in [0.05, 0.1) is 29.7 Å². The van der Waals surface area contributed by atoms with E-state index in [-0.39, 0.29) is 10.9 Å². The second-order valence-electron chi connectivity index (χ2n) is 6.71. The number of aliphatic hydroxyl groups is 1. The molecule has 0 aliphatic heterocycles. The van der Waals surface area contributed by atoms with Crippen LogP contribution in [0.15, 0.2) is 106 Å². The quantitative estimate of drug-likeness (QED) is 0.444. The lowest BCUT2D eigenvalue weighted by Crippen LogP contribution is -2.51. The molecule has 0 saturated heterocycles. The van der Waals surface area contributed by atoms with E-state index >= 15 is 0 Å². The number of hydrogen-bond acceptors (Lipinski definition) is 5. The molecule has 8 heteroatoms. The molecule has 0 aliphatic carbocycles. The molecule has 0 unspecified atom stereocenters. The number of carbonyl (C=O) groups is 3. The Labute approximate surface area is 187 Å². The molecule has 7 nitrogen and oxygen atoms in total. The predicted octanol–water partition coefficient (Wildman–Crippen LogP) is 2.20. The van der Waals surface area contributed by atoms with Gasteiger partial charge in [0.25, 0.3) is 0 Å². The first kappa shape index (κ1) is 24.6. The van der Waals surface area contributed by atoms with Crippen LogP contribution in [0, 0.1) is 0 Å². The number of carboxylic acid groups (broad SMARTS) is 3. The zero-order chi connectivity index (χ0) is 23.6. The SMILES string of the molecule is O=C(O)CC(O)(CC(=O)O)C(=O)[O-].c1ccc([S+](c2ccccc2)c2ccccc2)cc1. The van der Waals surface area contributed by atoms with Gasteiger partial charge in [0.2, 0.25) is 0 Å². The van der Waals surface area contributed by atoms with Crippen LogP contribution in [0.25, 0.3) is 0 Å². The van der Waals surface area contributed by atoms with E-state index in [1.165, 1.54) is 14.7 Å². The minimum absolute atomic E-state index is 0.0146. The summed E-state index contributed by atoms with van der Waals surface area (Å²) in [7, 11) is -0.0146. The molecule has 0 amide bonds. The highest BCUT2D eigenvalue weighted by Crippen LogP contribution is 2.30. The van der Waals surface area contributed by atoms with Crippen LogP contribution >= 0.6 is 0 Å². The molecular formula is C24H22O7S. The summed E-state index contributed by atoms with van der Waals surface area (Å²) in [5.41, 5.74) is -2.85. The van der Waals surface area contributed by atoms with Crippen molar-refractivity contribution in [2.24, 2.45) is 0 Å². The maximum atomic E-state index is 10.2. The molecule has 0 heterocycles. The number of aliphatic carboxylic acids is 3. The molecule has 32 heavy (non-hydrogen) atoms. The average Bonchev–Trinajstić information content (AvgIpc) is 2.75. The lowest BCUT2D eigenvalue weighted by Gasteiger charge is -2.25. The molecule has 3 N–H and O–H groups in total. The number of carboxylic acids is 3. The standard InChI is InChI=1S/C18H15S.C6H8O7/c1-4-10-16(11-5-1)19(17-12-6-2-7-13-17)18-14-8-3-9-15-18;7-3(8)1-6(13,5(11)12)2-4(9)10/h1-15H;13H,1-2H2,(H,7,8)(H,9,10)(H,11,12)/q+1;/p-1. The second kappa shape index (κ2) is 11.7. The summed E-state index contributed by atoms with van der Waals surface area (Å²) in [6.45, 7) is 0. The van der Waals surface area contributed by atoms with Gasteiger partial charge in [-0.25, -0.2) is 0 Å². The van der Waals surface area contributed by atoms with Crippen molar-refractivity contribution in [1.29, 1.82) is 0 Å². The molecule has 0 radical (unpaired) electrons. The third kappa shape index (κ3) is 7.26. The van der Waals surface area contributed by atoms with Gasteiger partial charge in [-0.1, -0.05) is 54.6 Å². The molecular weight excluding hydrogens is 432 g/mol. The highest BCUT2D eigenvalue weighted by atomic mass is 32.2. The van der Waals surface area contributed by atoms with Crippen LogP contribution in [0.4, 0.5) is 0 Å². The van der Waals surface area contributed by atoms with E-state index < -0.39 is 36.4 Å². The topological polar surface area (TPSA) is 135 Å². The van der Waals surface area contributed by atoms with Gasteiger partial charge in [-0.3, -0.25) is 9.59 Å². The van der Waals surface area contributed by atoms with E-state index in [4.69, 9.17) is 15.3 Å². The van der Waals surface area contributed by atoms with Gasteiger partial charge in [-0.05, 0) is 36.4 Å². The van der Waals surface area contributed by atoms with Crippen molar-refractivity contribution in [2.75, 3.05) is 0 Å². The van der Waals surface area contributed by atoms with Crippen molar-refractivity contribution in [2.45, 2.75) is 33.1 Å². The molecule has 0 spiro atoms. The number of hydrogen-bond donors (Lipinski definition) is 3. The van der Waals surface area contributed by atoms with Crippen molar-refractivity contribution in [3.8, 4) is 0 Å². The summed E-state index contributed by atoms with van der Waals surface area (Å²) < 4.78 is 0. The molecule has 0 saturated carbocycles. The van der Waals surface area contributed by atoms with Gasteiger partial charge < -0.3 is 25.2 Å².